The Hall–Kier alpha value is -2.89. The number of piperidine rings is 2. The summed E-state index contributed by atoms with van der Waals surface area (Å²) in [5.74, 6) is 0.120. The fourth-order valence-electron chi connectivity index (χ4n) is 6.04. The van der Waals surface area contributed by atoms with Crippen molar-refractivity contribution in [3.05, 3.63) is 69.6 Å². The fraction of sp³-hybridized carbons (Fsp3) is 0.552. The Kier molecular flexibility index (Phi) is 7.35. The molecule has 2 amide bonds. The molecule has 0 unspecified atom stereocenters. The van der Waals surface area contributed by atoms with E-state index in [9.17, 15) is 14.4 Å². The smallest absolute Gasteiger partial charge is 0.259 e. The van der Waals surface area contributed by atoms with Crippen molar-refractivity contribution >= 4 is 11.8 Å². The van der Waals surface area contributed by atoms with E-state index in [2.05, 4.69) is 24.3 Å². The van der Waals surface area contributed by atoms with Gasteiger partial charge < -0.3 is 14.4 Å². The first kappa shape index (κ1) is 23.8. The van der Waals surface area contributed by atoms with Crippen molar-refractivity contribution in [2.24, 2.45) is 5.92 Å². The molecule has 2 aromatic rings. The number of carbonyl (C=O) groups excluding carboxylic acids is 2. The zero-order valence-electron chi connectivity index (χ0n) is 20.7. The van der Waals surface area contributed by atoms with Crippen LogP contribution in [0.4, 0.5) is 0 Å². The minimum absolute atomic E-state index is 0.168. The molecule has 0 atom stereocenters. The highest BCUT2D eigenvalue weighted by atomic mass is 16.2. The predicted octanol–water partition coefficient (Wildman–Crippen LogP) is 4.68. The molecule has 6 nitrogen and oxygen atoms in total. The van der Waals surface area contributed by atoms with Crippen molar-refractivity contribution in [1.82, 2.24) is 14.4 Å². The van der Waals surface area contributed by atoms with Crippen LogP contribution in [0, 0.1) is 5.92 Å². The third kappa shape index (κ3) is 5.36. The lowest BCUT2D eigenvalue weighted by molar-refractivity contribution is 0.0687. The van der Waals surface area contributed by atoms with Gasteiger partial charge in [0.15, 0.2) is 0 Å². The molecule has 2 saturated heterocycles. The molecule has 1 saturated carbocycles. The second kappa shape index (κ2) is 10.8. The Morgan fingerprint density at radius 3 is 1.89 bits per heavy atom. The van der Waals surface area contributed by atoms with Crippen LogP contribution in [0.5, 0.6) is 0 Å². The number of hydrogen-bond acceptors (Lipinski definition) is 3. The van der Waals surface area contributed by atoms with Crippen molar-refractivity contribution in [2.75, 3.05) is 26.2 Å². The Bertz CT molecular complexity index is 1090. The van der Waals surface area contributed by atoms with Crippen LogP contribution in [0.1, 0.15) is 90.1 Å². The second-order valence-corrected chi connectivity index (χ2v) is 10.6. The van der Waals surface area contributed by atoms with E-state index in [4.69, 9.17) is 0 Å². The van der Waals surface area contributed by atoms with Gasteiger partial charge in [0.2, 0.25) is 5.43 Å². The van der Waals surface area contributed by atoms with Gasteiger partial charge >= 0.3 is 0 Å². The first-order chi connectivity index (χ1) is 17.1. The third-order valence-corrected chi connectivity index (χ3v) is 8.16. The number of nitrogens with zero attached hydrogens (tertiary/aromatic N) is 3. The number of likely N-dealkylation sites (tertiary alicyclic amines) is 2. The highest BCUT2D eigenvalue weighted by Crippen LogP contribution is 2.30. The molecule has 186 valence electrons. The molecule has 1 aromatic heterocycles. The van der Waals surface area contributed by atoms with Crippen molar-refractivity contribution in [3.8, 4) is 0 Å². The fourth-order valence-corrected chi connectivity index (χ4v) is 6.04. The Labute approximate surface area is 207 Å². The lowest BCUT2D eigenvalue weighted by atomic mass is 9.90. The molecule has 6 heteroatoms. The molecule has 2 aliphatic heterocycles. The van der Waals surface area contributed by atoms with E-state index in [1.807, 2.05) is 15.5 Å². The molecule has 0 spiro atoms. The Balaban J connectivity index is 1.36. The summed E-state index contributed by atoms with van der Waals surface area (Å²) in [6.07, 6.45) is 13.8. The van der Waals surface area contributed by atoms with Crippen LogP contribution in [0.25, 0.3) is 0 Å². The van der Waals surface area contributed by atoms with Gasteiger partial charge in [-0.3, -0.25) is 14.4 Å². The first-order valence-electron chi connectivity index (χ1n) is 13.5. The monoisotopic (exact) mass is 475 g/mol. The first-order valence-corrected chi connectivity index (χ1v) is 13.5. The summed E-state index contributed by atoms with van der Waals surface area (Å²) in [4.78, 5) is 44.1. The minimum Gasteiger partial charge on any atom is -0.349 e. The molecule has 0 N–H and O–H groups in total. The normalized spacial score (nSPS) is 19.8. The topological polar surface area (TPSA) is 62.6 Å². The molecule has 1 aromatic carbocycles. The van der Waals surface area contributed by atoms with E-state index in [0.29, 0.717) is 32.1 Å². The van der Waals surface area contributed by atoms with Crippen LogP contribution in [0.2, 0.25) is 0 Å². The summed E-state index contributed by atoms with van der Waals surface area (Å²) < 4.78 is 2.00. The number of amides is 2. The second-order valence-electron chi connectivity index (χ2n) is 10.6. The third-order valence-electron chi connectivity index (χ3n) is 8.16. The van der Waals surface area contributed by atoms with Gasteiger partial charge in [-0.2, -0.15) is 0 Å². The molecule has 35 heavy (non-hydrogen) atoms. The van der Waals surface area contributed by atoms with Crippen molar-refractivity contribution in [1.29, 1.82) is 0 Å². The number of rotatable bonds is 5. The quantitative estimate of drug-likeness (QED) is 0.631. The average Bonchev–Trinajstić information content (AvgIpc) is 3.45. The van der Waals surface area contributed by atoms with Crippen LogP contribution in [0.15, 0.2) is 47.5 Å². The molecule has 3 aliphatic rings. The molecular weight excluding hydrogens is 438 g/mol. The highest BCUT2D eigenvalue weighted by Gasteiger charge is 2.30. The van der Waals surface area contributed by atoms with Gasteiger partial charge in [-0.25, -0.2) is 0 Å². The average molecular weight is 476 g/mol. The van der Waals surface area contributed by atoms with Crippen LogP contribution >= 0.6 is 0 Å². The SMILES string of the molecule is O=C(c1cn(C2CCCC2)cc(C(=O)N2CCC(Cc3ccccc3)CC2)c1=O)N1CCCCC1. The van der Waals surface area contributed by atoms with E-state index in [1.165, 1.54) is 5.56 Å². The summed E-state index contributed by atoms with van der Waals surface area (Å²) in [6.45, 7) is 2.69. The van der Waals surface area contributed by atoms with E-state index < -0.39 is 5.43 Å². The van der Waals surface area contributed by atoms with Crippen LogP contribution in [-0.2, 0) is 6.42 Å². The van der Waals surface area contributed by atoms with Crippen LogP contribution in [-0.4, -0.2) is 52.4 Å². The molecule has 0 bridgehead atoms. The predicted molar refractivity (Wildman–Crippen MR) is 137 cm³/mol. The summed E-state index contributed by atoms with van der Waals surface area (Å²) >= 11 is 0. The maximum atomic E-state index is 13.6. The van der Waals surface area contributed by atoms with E-state index in [0.717, 1.165) is 64.2 Å². The van der Waals surface area contributed by atoms with Gasteiger partial charge in [0, 0.05) is 44.6 Å². The maximum Gasteiger partial charge on any atom is 0.259 e. The Morgan fingerprint density at radius 2 is 1.29 bits per heavy atom. The zero-order chi connectivity index (χ0) is 24.2. The summed E-state index contributed by atoms with van der Waals surface area (Å²) in [6, 6.07) is 10.8. The van der Waals surface area contributed by atoms with Gasteiger partial charge in [-0.05, 0) is 62.8 Å². The largest absolute Gasteiger partial charge is 0.349 e. The van der Waals surface area contributed by atoms with Gasteiger partial charge in [0.1, 0.15) is 11.1 Å². The number of hydrogen-bond donors (Lipinski definition) is 0. The molecule has 3 fully saturated rings. The summed E-state index contributed by atoms with van der Waals surface area (Å²) in [5.41, 5.74) is 1.27. The van der Waals surface area contributed by atoms with Crippen LogP contribution < -0.4 is 5.43 Å². The lowest BCUT2D eigenvalue weighted by Gasteiger charge is -2.32. The molecule has 3 heterocycles. The summed E-state index contributed by atoms with van der Waals surface area (Å²) in [5, 5.41) is 0. The van der Waals surface area contributed by atoms with E-state index in [-0.39, 0.29) is 29.0 Å². The highest BCUT2D eigenvalue weighted by molar-refractivity contribution is 5.99. The molecule has 0 radical (unpaired) electrons. The zero-order valence-corrected chi connectivity index (χ0v) is 20.7. The van der Waals surface area contributed by atoms with Crippen molar-refractivity contribution in [3.63, 3.8) is 0 Å². The minimum atomic E-state index is -0.397. The summed E-state index contributed by atoms with van der Waals surface area (Å²) in [7, 11) is 0. The molecular formula is C29H37N3O3. The lowest BCUT2D eigenvalue weighted by Crippen LogP contribution is -2.43. The number of carbonyl (C=O) groups is 2. The van der Waals surface area contributed by atoms with E-state index >= 15 is 0 Å². The molecule has 5 rings (SSSR count). The van der Waals surface area contributed by atoms with Gasteiger partial charge in [0.25, 0.3) is 11.8 Å². The maximum absolute atomic E-state index is 13.6. The number of pyridine rings is 1. The standard InChI is InChI=1S/C29H37N3O3/c33-27-25(28(34)30-15-7-2-8-16-30)20-32(24-11-5-6-12-24)21-26(27)29(35)31-17-13-23(14-18-31)19-22-9-3-1-4-10-22/h1,3-4,9-10,20-21,23-24H,2,5-8,11-19H2. The van der Waals surface area contributed by atoms with E-state index in [1.54, 1.807) is 17.3 Å². The number of aromatic nitrogens is 1. The Morgan fingerprint density at radius 1 is 0.714 bits per heavy atom. The van der Waals surface area contributed by atoms with Crippen molar-refractivity contribution in [2.45, 2.75) is 70.3 Å². The number of benzene rings is 1. The van der Waals surface area contributed by atoms with Gasteiger partial charge in [-0.15, -0.1) is 0 Å². The molecule has 1 aliphatic carbocycles. The van der Waals surface area contributed by atoms with Crippen LogP contribution in [0.3, 0.4) is 0 Å². The van der Waals surface area contributed by atoms with Gasteiger partial charge in [-0.1, -0.05) is 43.2 Å². The van der Waals surface area contributed by atoms with Gasteiger partial charge in [0.05, 0.1) is 0 Å². The van der Waals surface area contributed by atoms with Crippen molar-refractivity contribution < 1.29 is 9.59 Å².